The molecule has 1 saturated heterocycles. The number of rotatable bonds is 5. The Morgan fingerprint density at radius 2 is 1.88 bits per heavy atom. The van der Waals surface area contributed by atoms with Gasteiger partial charge in [0.2, 0.25) is 10.0 Å². The highest BCUT2D eigenvalue weighted by molar-refractivity contribution is 7.89. The number of sulfonamides is 1. The van der Waals surface area contributed by atoms with Gasteiger partial charge in [-0.2, -0.15) is 4.31 Å². The molecule has 0 bridgehead atoms. The highest BCUT2D eigenvalue weighted by Gasteiger charge is 2.27. The van der Waals surface area contributed by atoms with Gasteiger partial charge in [0.15, 0.2) is 0 Å². The third kappa shape index (κ3) is 4.09. The molecule has 0 unspecified atom stereocenters. The number of hydrogen-bond acceptors (Lipinski definition) is 6. The van der Waals surface area contributed by atoms with E-state index in [1.807, 2.05) is 29.2 Å². The lowest BCUT2D eigenvalue weighted by Gasteiger charge is -2.34. The summed E-state index contributed by atoms with van der Waals surface area (Å²) in [5.74, 6) is 0.500. The molecule has 0 atom stereocenters. The van der Waals surface area contributed by atoms with Gasteiger partial charge in [0.25, 0.3) is 0 Å². The van der Waals surface area contributed by atoms with Crippen molar-refractivity contribution < 1.29 is 13.5 Å². The van der Waals surface area contributed by atoms with E-state index in [0.29, 0.717) is 42.6 Å². The predicted molar refractivity (Wildman–Crippen MR) is 97.1 cm³/mol. The zero-order valence-corrected chi connectivity index (χ0v) is 15.1. The van der Waals surface area contributed by atoms with Crippen LogP contribution in [0.4, 0.5) is 5.82 Å². The molecule has 3 rings (SSSR count). The van der Waals surface area contributed by atoms with Crippen molar-refractivity contribution in [1.82, 2.24) is 14.3 Å². The van der Waals surface area contributed by atoms with E-state index in [9.17, 15) is 8.42 Å². The van der Waals surface area contributed by atoms with Gasteiger partial charge in [0.1, 0.15) is 11.5 Å². The van der Waals surface area contributed by atoms with Crippen molar-refractivity contribution in [2.24, 2.45) is 0 Å². The molecule has 1 fully saturated rings. The molecule has 3 heterocycles. The summed E-state index contributed by atoms with van der Waals surface area (Å²) >= 11 is 6.26. The molecule has 134 valence electrons. The average Bonchev–Trinajstić information content (AvgIpc) is 2.63. The first kappa shape index (κ1) is 18.1. The van der Waals surface area contributed by atoms with Gasteiger partial charge < -0.3 is 10.0 Å². The Hall–Kier alpha value is -1.74. The highest BCUT2D eigenvalue weighted by Crippen LogP contribution is 2.27. The third-order valence-corrected chi connectivity index (χ3v) is 6.20. The van der Waals surface area contributed by atoms with Crippen LogP contribution in [0.2, 0.25) is 5.02 Å². The summed E-state index contributed by atoms with van der Waals surface area (Å²) < 4.78 is 25.4. The van der Waals surface area contributed by atoms with Crippen molar-refractivity contribution in [3.05, 3.63) is 41.6 Å². The summed E-state index contributed by atoms with van der Waals surface area (Å²) in [7, 11) is -3.39. The van der Waals surface area contributed by atoms with Crippen LogP contribution in [0, 0.1) is 0 Å². The van der Waals surface area contributed by atoms with Crippen molar-refractivity contribution in [3.63, 3.8) is 0 Å². The molecule has 0 amide bonds. The molecule has 2 aromatic rings. The Bertz CT molecular complexity index is 825. The van der Waals surface area contributed by atoms with Crippen LogP contribution in [0.1, 0.15) is 0 Å². The van der Waals surface area contributed by atoms with E-state index in [2.05, 4.69) is 9.97 Å². The fraction of sp³-hybridized carbons (Fsp3) is 0.375. The summed E-state index contributed by atoms with van der Waals surface area (Å²) in [5, 5.41) is 9.40. The number of nitrogens with zero attached hydrogens (tertiary/aromatic N) is 4. The van der Waals surface area contributed by atoms with Crippen molar-refractivity contribution >= 4 is 27.4 Å². The smallest absolute Gasteiger partial charge is 0.216 e. The monoisotopic (exact) mass is 382 g/mol. The Morgan fingerprint density at radius 3 is 2.52 bits per heavy atom. The Labute approximate surface area is 151 Å². The normalized spacial score (nSPS) is 16.2. The second kappa shape index (κ2) is 7.65. The van der Waals surface area contributed by atoms with Crippen LogP contribution in [0.3, 0.4) is 0 Å². The van der Waals surface area contributed by atoms with Gasteiger partial charge in [-0.1, -0.05) is 17.7 Å². The van der Waals surface area contributed by atoms with Gasteiger partial charge in [-0.25, -0.2) is 13.4 Å². The minimum absolute atomic E-state index is 0.240. The van der Waals surface area contributed by atoms with Crippen LogP contribution in [0.15, 0.2) is 36.5 Å². The molecule has 7 nitrogen and oxygen atoms in total. The molecule has 1 N–H and O–H groups in total. The molecule has 25 heavy (non-hydrogen) atoms. The first-order valence-corrected chi connectivity index (χ1v) is 9.91. The molecule has 0 saturated carbocycles. The van der Waals surface area contributed by atoms with E-state index < -0.39 is 10.0 Å². The minimum Gasteiger partial charge on any atom is -0.395 e. The van der Waals surface area contributed by atoms with Crippen LogP contribution in [0.25, 0.3) is 11.4 Å². The predicted octanol–water partition coefficient (Wildman–Crippen LogP) is 1.24. The number of aliphatic hydroxyl groups excluding tert-OH is 1. The van der Waals surface area contributed by atoms with Crippen molar-refractivity contribution in [2.75, 3.05) is 43.4 Å². The summed E-state index contributed by atoms with van der Waals surface area (Å²) in [6, 6.07) is 9.15. The molecule has 2 aromatic heterocycles. The Kier molecular flexibility index (Phi) is 5.53. The van der Waals surface area contributed by atoms with Gasteiger partial charge >= 0.3 is 0 Å². The first-order valence-electron chi connectivity index (χ1n) is 7.93. The van der Waals surface area contributed by atoms with Gasteiger partial charge in [0, 0.05) is 32.4 Å². The van der Waals surface area contributed by atoms with Gasteiger partial charge in [-0.15, -0.1) is 0 Å². The SMILES string of the molecule is O=S(=O)(CCO)N1CCN(c2ccc(Cl)c(-c3ccccn3)n2)CC1. The molecular weight excluding hydrogens is 364 g/mol. The number of piperazine rings is 1. The summed E-state index contributed by atoms with van der Waals surface area (Å²) in [6.07, 6.45) is 1.69. The molecule has 9 heteroatoms. The maximum atomic E-state index is 12.0. The standard InChI is InChI=1S/C16H19ClN4O3S/c17-13-4-5-15(19-16(13)14-3-1-2-6-18-14)20-7-9-21(10-8-20)25(23,24)12-11-22/h1-6,22H,7-12H2. The second-order valence-corrected chi connectivity index (χ2v) is 8.14. The Morgan fingerprint density at radius 1 is 1.12 bits per heavy atom. The fourth-order valence-electron chi connectivity index (χ4n) is 2.73. The van der Waals surface area contributed by atoms with Crippen molar-refractivity contribution in [2.45, 2.75) is 0 Å². The first-order chi connectivity index (χ1) is 12.0. The number of aliphatic hydroxyl groups is 1. The number of hydrogen-bond donors (Lipinski definition) is 1. The maximum absolute atomic E-state index is 12.0. The fourth-order valence-corrected chi connectivity index (χ4v) is 4.14. The van der Waals surface area contributed by atoms with E-state index >= 15 is 0 Å². The Balaban J connectivity index is 1.76. The van der Waals surface area contributed by atoms with E-state index in [1.165, 1.54) is 4.31 Å². The van der Waals surface area contributed by atoms with E-state index in [0.717, 1.165) is 5.82 Å². The van der Waals surface area contributed by atoms with Crippen molar-refractivity contribution in [3.8, 4) is 11.4 Å². The minimum atomic E-state index is -3.39. The van der Waals surface area contributed by atoms with Crippen LogP contribution < -0.4 is 4.90 Å². The van der Waals surface area contributed by atoms with Gasteiger partial charge in [-0.05, 0) is 24.3 Å². The van der Waals surface area contributed by atoms with Crippen LogP contribution >= 0.6 is 11.6 Å². The van der Waals surface area contributed by atoms with E-state index in [-0.39, 0.29) is 12.4 Å². The third-order valence-electron chi connectivity index (χ3n) is 4.04. The second-order valence-electron chi connectivity index (χ2n) is 5.64. The maximum Gasteiger partial charge on any atom is 0.216 e. The molecule has 1 aliphatic heterocycles. The summed E-state index contributed by atoms with van der Waals surface area (Å²) in [6.45, 7) is 1.42. The highest BCUT2D eigenvalue weighted by atomic mass is 35.5. The zero-order chi connectivity index (χ0) is 17.9. The van der Waals surface area contributed by atoms with E-state index in [1.54, 1.807) is 12.3 Å². The molecular formula is C16H19ClN4O3S. The number of pyridine rings is 2. The molecule has 0 spiro atoms. The molecule has 0 aromatic carbocycles. The number of halogens is 1. The molecule has 1 aliphatic rings. The lowest BCUT2D eigenvalue weighted by molar-refractivity contribution is 0.312. The van der Waals surface area contributed by atoms with Crippen LogP contribution in [-0.2, 0) is 10.0 Å². The van der Waals surface area contributed by atoms with Crippen LogP contribution in [0.5, 0.6) is 0 Å². The van der Waals surface area contributed by atoms with Gasteiger partial charge in [-0.3, -0.25) is 4.98 Å². The lowest BCUT2D eigenvalue weighted by atomic mass is 10.2. The zero-order valence-electron chi connectivity index (χ0n) is 13.5. The molecule has 0 radical (unpaired) electrons. The van der Waals surface area contributed by atoms with Crippen molar-refractivity contribution in [1.29, 1.82) is 0 Å². The largest absolute Gasteiger partial charge is 0.395 e. The van der Waals surface area contributed by atoms with E-state index in [4.69, 9.17) is 16.7 Å². The summed E-state index contributed by atoms with van der Waals surface area (Å²) in [5.41, 5.74) is 1.30. The average molecular weight is 383 g/mol. The van der Waals surface area contributed by atoms with Gasteiger partial charge in [0.05, 0.1) is 23.1 Å². The topological polar surface area (TPSA) is 86.6 Å². The molecule has 0 aliphatic carbocycles. The summed E-state index contributed by atoms with van der Waals surface area (Å²) in [4.78, 5) is 10.9. The quantitative estimate of drug-likeness (QED) is 0.837. The number of anilines is 1. The lowest BCUT2D eigenvalue weighted by Crippen LogP contribution is -2.49. The number of aromatic nitrogens is 2. The van der Waals surface area contributed by atoms with Crippen LogP contribution in [-0.4, -0.2) is 66.3 Å².